The molecule has 0 spiro atoms. The van der Waals surface area contributed by atoms with E-state index in [1.165, 1.54) is 24.1 Å². The molecule has 3 nitrogen and oxygen atoms in total. The third kappa shape index (κ3) is 5.12. The standard InChI is InChI=1S/C21H26ClN3S/c1-15-10-12-25(13-11-15)20-8-6-17(7-9-20)16(2)23-21(26)24-19-5-3-4-18(22)14-19/h3-9,14-16H,10-13H2,1-2H3,(H2,23,24,26). The van der Waals surface area contributed by atoms with Crippen molar-refractivity contribution >= 4 is 40.3 Å². The summed E-state index contributed by atoms with van der Waals surface area (Å²) in [5, 5.41) is 7.79. The number of hydrogen-bond acceptors (Lipinski definition) is 2. The molecule has 0 aromatic heterocycles. The number of nitrogens with zero attached hydrogens (tertiary/aromatic N) is 1. The molecule has 2 N–H and O–H groups in total. The van der Waals surface area contributed by atoms with E-state index in [0.717, 1.165) is 24.7 Å². The Labute approximate surface area is 166 Å². The number of halogens is 1. The van der Waals surface area contributed by atoms with Gasteiger partial charge in [0.2, 0.25) is 0 Å². The van der Waals surface area contributed by atoms with E-state index in [1.807, 2.05) is 24.3 Å². The molecule has 1 aliphatic rings. The van der Waals surface area contributed by atoms with E-state index >= 15 is 0 Å². The van der Waals surface area contributed by atoms with E-state index < -0.39 is 0 Å². The second-order valence-corrected chi connectivity index (χ2v) is 7.94. The largest absolute Gasteiger partial charge is 0.372 e. The van der Waals surface area contributed by atoms with Crippen LogP contribution in [0.2, 0.25) is 5.02 Å². The van der Waals surface area contributed by atoms with Gasteiger partial charge in [-0.1, -0.05) is 36.7 Å². The maximum absolute atomic E-state index is 6.01. The van der Waals surface area contributed by atoms with E-state index in [2.05, 4.69) is 53.6 Å². The van der Waals surface area contributed by atoms with E-state index in [0.29, 0.717) is 10.1 Å². The Kier molecular flexibility index (Phi) is 6.38. The highest BCUT2D eigenvalue weighted by Gasteiger charge is 2.16. The molecule has 1 fully saturated rings. The van der Waals surface area contributed by atoms with E-state index in [-0.39, 0.29) is 6.04 Å². The molecular weight excluding hydrogens is 362 g/mol. The third-order valence-electron chi connectivity index (χ3n) is 4.97. The van der Waals surface area contributed by atoms with Gasteiger partial charge in [0, 0.05) is 29.5 Å². The van der Waals surface area contributed by atoms with Gasteiger partial charge in [-0.15, -0.1) is 0 Å². The average Bonchev–Trinajstić information content (AvgIpc) is 2.62. The van der Waals surface area contributed by atoms with Crippen molar-refractivity contribution in [2.75, 3.05) is 23.3 Å². The number of piperidine rings is 1. The SMILES string of the molecule is CC1CCN(c2ccc(C(C)NC(=S)Nc3cccc(Cl)c3)cc2)CC1. The summed E-state index contributed by atoms with van der Waals surface area (Å²) in [5.41, 5.74) is 3.42. The summed E-state index contributed by atoms with van der Waals surface area (Å²) in [5.74, 6) is 0.850. The van der Waals surface area contributed by atoms with Gasteiger partial charge in [0.15, 0.2) is 5.11 Å². The van der Waals surface area contributed by atoms with Crippen molar-refractivity contribution in [1.82, 2.24) is 5.32 Å². The Morgan fingerprint density at radius 3 is 2.50 bits per heavy atom. The van der Waals surface area contributed by atoms with E-state index in [4.69, 9.17) is 23.8 Å². The van der Waals surface area contributed by atoms with Crippen molar-refractivity contribution in [3.63, 3.8) is 0 Å². The molecule has 0 bridgehead atoms. The second-order valence-electron chi connectivity index (χ2n) is 7.09. The van der Waals surface area contributed by atoms with Gasteiger partial charge in [0.1, 0.15) is 0 Å². The second kappa shape index (κ2) is 8.74. The minimum Gasteiger partial charge on any atom is -0.372 e. The number of thiocarbonyl (C=S) groups is 1. The lowest BCUT2D eigenvalue weighted by atomic mass is 9.98. The van der Waals surface area contributed by atoms with E-state index in [9.17, 15) is 0 Å². The molecule has 1 saturated heterocycles. The Morgan fingerprint density at radius 2 is 1.85 bits per heavy atom. The highest BCUT2D eigenvalue weighted by atomic mass is 35.5. The zero-order chi connectivity index (χ0) is 18.5. The zero-order valence-corrected chi connectivity index (χ0v) is 16.9. The molecule has 1 heterocycles. The van der Waals surface area contributed by atoms with Crippen molar-refractivity contribution < 1.29 is 0 Å². The maximum Gasteiger partial charge on any atom is 0.171 e. The van der Waals surface area contributed by atoms with Crippen LogP contribution in [0, 0.1) is 5.92 Å². The van der Waals surface area contributed by atoms with Crippen molar-refractivity contribution in [2.24, 2.45) is 5.92 Å². The van der Waals surface area contributed by atoms with E-state index in [1.54, 1.807) is 0 Å². The summed E-state index contributed by atoms with van der Waals surface area (Å²) in [6, 6.07) is 16.5. The van der Waals surface area contributed by atoms with Crippen LogP contribution in [-0.2, 0) is 0 Å². The molecule has 2 aromatic carbocycles. The minimum atomic E-state index is 0.129. The van der Waals surface area contributed by atoms with Crippen LogP contribution in [0.25, 0.3) is 0 Å². The first-order valence-electron chi connectivity index (χ1n) is 9.19. The predicted molar refractivity (Wildman–Crippen MR) is 116 cm³/mol. The molecule has 0 amide bonds. The molecule has 0 saturated carbocycles. The van der Waals surface area contributed by atoms with Crippen LogP contribution in [-0.4, -0.2) is 18.2 Å². The smallest absolute Gasteiger partial charge is 0.171 e. The first kappa shape index (κ1) is 19.0. The molecule has 138 valence electrons. The van der Waals surface area contributed by atoms with Gasteiger partial charge in [-0.2, -0.15) is 0 Å². The highest BCUT2D eigenvalue weighted by Crippen LogP contribution is 2.24. The Bertz CT molecular complexity index is 739. The Morgan fingerprint density at radius 1 is 1.15 bits per heavy atom. The van der Waals surface area contributed by atoms with Gasteiger partial charge in [-0.25, -0.2) is 0 Å². The molecule has 1 unspecified atom stereocenters. The number of rotatable bonds is 4. The first-order chi connectivity index (χ1) is 12.5. The molecule has 0 aliphatic carbocycles. The average molecular weight is 388 g/mol. The van der Waals surface area contributed by atoms with Crippen LogP contribution in [0.3, 0.4) is 0 Å². The summed E-state index contributed by atoms with van der Waals surface area (Å²) < 4.78 is 0. The molecule has 1 aliphatic heterocycles. The first-order valence-corrected chi connectivity index (χ1v) is 9.98. The minimum absolute atomic E-state index is 0.129. The normalized spacial score (nSPS) is 16.2. The molecular formula is C21H26ClN3S. The molecule has 2 aromatic rings. The van der Waals surface area contributed by atoms with Crippen LogP contribution in [0.15, 0.2) is 48.5 Å². The monoisotopic (exact) mass is 387 g/mol. The topological polar surface area (TPSA) is 27.3 Å². The number of hydrogen-bond donors (Lipinski definition) is 2. The summed E-state index contributed by atoms with van der Waals surface area (Å²) in [7, 11) is 0. The number of nitrogens with one attached hydrogen (secondary N) is 2. The highest BCUT2D eigenvalue weighted by molar-refractivity contribution is 7.80. The fourth-order valence-corrected chi connectivity index (χ4v) is 3.74. The predicted octanol–water partition coefficient (Wildman–Crippen LogP) is 5.62. The van der Waals surface area contributed by atoms with Crippen molar-refractivity contribution in [1.29, 1.82) is 0 Å². The van der Waals surface area contributed by atoms with Crippen molar-refractivity contribution in [2.45, 2.75) is 32.7 Å². The van der Waals surface area contributed by atoms with Gasteiger partial charge in [0.25, 0.3) is 0 Å². The summed E-state index contributed by atoms with van der Waals surface area (Å²) in [6.45, 7) is 6.77. The lowest BCUT2D eigenvalue weighted by molar-refractivity contribution is 0.438. The van der Waals surface area contributed by atoms with Gasteiger partial charge in [-0.05, 0) is 73.8 Å². The number of anilines is 2. The summed E-state index contributed by atoms with van der Waals surface area (Å²) in [4.78, 5) is 2.48. The van der Waals surface area contributed by atoms with Crippen molar-refractivity contribution in [3.8, 4) is 0 Å². The van der Waals surface area contributed by atoms with Crippen LogP contribution >= 0.6 is 23.8 Å². The Hall–Kier alpha value is -1.78. The lowest BCUT2D eigenvalue weighted by Gasteiger charge is -2.32. The van der Waals surface area contributed by atoms with Crippen LogP contribution in [0.4, 0.5) is 11.4 Å². The third-order valence-corrected chi connectivity index (χ3v) is 5.43. The summed E-state index contributed by atoms with van der Waals surface area (Å²) in [6.07, 6.45) is 2.56. The van der Waals surface area contributed by atoms with Crippen LogP contribution in [0.5, 0.6) is 0 Å². The van der Waals surface area contributed by atoms with Gasteiger partial charge in [0.05, 0.1) is 6.04 Å². The van der Waals surface area contributed by atoms with Crippen LogP contribution in [0.1, 0.15) is 38.3 Å². The van der Waals surface area contributed by atoms with Gasteiger partial charge >= 0.3 is 0 Å². The molecule has 26 heavy (non-hydrogen) atoms. The Balaban J connectivity index is 1.56. The zero-order valence-electron chi connectivity index (χ0n) is 15.3. The lowest BCUT2D eigenvalue weighted by Crippen LogP contribution is -2.33. The van der Waals surface area contributed by atoms with Crippen molar-refractivity contribution in [3.05, 3.63) is 59.1 Å². The molecule has 5 heteroatoms. The fourth-order valence-electron chi connectivity index (χ4n) is 3.25. The molecule has 1 atom stereocenters. The summed E-state index contributed by atoms with van der Waals surface area (Å²) >= 11 is 11.4. The quantitative estimate of drug-likeness (QED) is 0.665. The fraction of sp³-hybridized carbons (Fsp3) is 0.381. The number of benzene rings is 2. The maximum atomic E-state index is 6.01. The molecule has 3 rings (SSSR count). The molecule has 0 radical (unpaired) electrons. The van der Waals surface area contributed by atoms with Crippen LogP contribution < -0.4 is 15.5 Å². The van der Waals surface area contributed by atoms with Gasteiger partial charge < -0.3 is 15.5 Å². The van der Waals surface area contributed by atoms with Gasteiger partial charge in [-0.3, -0.25) is 0 Å².